The highest BCUT2D eigenvalue weighted by Crippen LogP contribution is 2.29. The van der Waals surface area contributed by atoms with E-state index in [-0.39, 0.29) is 5.92 Å². The van der Waals surface area contributed by atoms with E-state index in [0.717, 1.165) is 29.8 Å². The molecule has 0 spiro atoms. The van der Waals surface area contributed by atoms with Gasteiger partial charge in [-0.3, -0.25) is 9.69 Å². The molecule has 4 nitrogen and oxygen atoms in total. The summed E-state index contributed by atoms with van der Waals surface area (Å²) < 4.78 is 5.48. The molecule has 0 aromatic heterocycles. The van der Waals surface area contributed by atoms with Gasteiger partial charge in [-0.2, -0.15) is 0 Å². The Bertz CT molecular complexity index is 684. The Morgan fingerprint density at radius 3 is 2.65 bits per heavy atom. The van der Waals surface area contributed by atoms with Gasteiger partial charge >= 0.3 is 5.97 Å². The maximum Gasteiger partial charge on any atom is 0.307 e. The molecule has 3 rings (SSSR count). The maximum absolute atomic E-state index is 11.1. The Morgan fingerprint density at radius 2 is 2.00 bits per heavy atom. The van der Waals surface area contributed by atoms with Crippen LogP contribution < -0.4 is 4.74 Å². The highest BCUT2D eigenvalue weighted by Gasteiger charge is 2.28. The molecule has 1 N–H and O–H groups in total. The van der Waals surface area contributed by atoms with Crippen molar-refractivity contribution >= 4 is 5.97 Å². The van der Waals surface area contributed by atoms with Crippen LogP contribution in [0.4, 0.5) is 0 Å². The Balaban J connectivity index is 1.82. The molecule has 1 aliphatic rings. The number of nitrogens with zero attached hydrogens (tertiary/aromatic N) is 1. The molecule has 1 heterocycles. The third kappa shape index (κ3) is 3.54. The molecular weight excluding hydrogens is 290 g/mol. The summed E-state index contributed by atoms with van der Waals surface area (Å²) in [6.45, 7) is 2.14. The summed E-state index contributed by atoms with van der Waals surface area (Å²) in [4.78, 5) is 13.3. The summed E-state index contributed by atoms with van der Waals surface area (Å²) in [7, 11) is 1.67. The summed E-state index contributed by atoms with van der Waals surface area (Å²) in [5.41, 5.74) is 3.41. The van der Waals surface area contributed by atoms with Gasteiger partial charge in [0, 0.05) is 18.7 Å². The lowest BCUT2D eigenvalue weighted by molar-refractivity contribution is -0.141. The van der Waals surface area contributed by atoms with E-state index in [4.69, 9.17) is 9.84 Å². The van der Waals surface area contributed by atoms with Gasteiger partial charge in [0.1, 0.15) is 5.75 Å². The van der Waals surface area contributed by atoms with E-state index in [2.05, 4.69) is 29.2 Å². The minimum absolute atomic E-state index is 0.252. The standard InChI is InChI=1S/C19H21NO3/c1-23-18-8-7-15(14-5-3-2-4-6-14)11-17(18)13-20-10-9-16(12-20)19(21)22/h2-8,11,16H,9-10,12-13H2,1H3,(H,21,22). The van der Waals surface area contributed by atoms with E-state index in [1.54, 1.807) is 7.11 Å². The molecule has 0 aliphatic carbocycles. The van der Waals surface area contributed by atoms with Gasteiger partial charge in [0.2, 0.25) is 0 Å². The summed E-state index contributed by atoms with van der Waals surface area (Å²) in [5.74, 6) is -0.0979. The zero-order chi connectivity index (χ0) is 16.2. The molecule has 1 atom stereocenters. The first-order valence-corrected chi connectivity index (χ1v) is 7.85. The smallest absolute Gasteiger partial charge is 0.307 e. The lowest BCUT2D eigenvalue weighted by Gasteiger charge is -2.18. The summed E-state index contributed by atoms with van der Waals surface area (Å²) in [5, 5.41) is 9.14. The second-order valence-corrected chi connectivity index (χ2v) is 5.95. The zero-order valence-corrected chi connectivity index (χ0v) is 13.2. The molecule has 1 saturated heterocycles. The minimum atomic E-state index is -0.697. The van der Waals surface area contributed by atoms with Crippen molar-refractivity contribution in [1.82, 2.24) is 4.90 Å². The molecule has 0 saturated carbocycles. The van der Waals surface area contributed by atoms with Gasteiger partial charge in [0.25, 0.3) is 0 Å². The van der Waals surface area contributed by atoms with Crippen LogP contribution in [0.2, 0.25) is 0 Å². The number of hydrogen-bond acceptors (Lipinski definition) is 3. The second-order valence-electron chi connectivity index (χ2n) is 5.95. The maximum atomic E-state index is 11.1. The van der Waals surface area contributed by atoms with E-state index in [0.29, 0.717) is 13.1 Å². The fourth-order valence-corrected chi connectivity index (χ4v) is 3.13. The topological polar surface area (TPSA) is 49.8 Å². The number of benzene rings is 2. The molecule has 0 bridgehead atoms. The number of hydrogen-bond donors (Lipinski definition) is 1. The van der Waals surface area contributed by atoms with Crippen LogP contribution in [0.15, 0.2) is 48.5 Å². The van der Waals surface area contributed by atoms with Crippen molar-refractivity contribution < 1.29 is 14.6 Å². The average Bonchev–Trinajstić information content (AvgIpc) is 3.04. The van der Waals surface area contributed by atoms with Crippen molar-refractivity contribution in [3.05, 3.63) is 54.1 Å². The Kier molecular flexibility index (Phi) is 4.63. The van der Waals surface area contributed by atoms with E-state index in [1.807, 2.05) is 24.3 Å². The van der Waals surface area contributed by atoms with Crippen LogP contribution in [0, 0.1) is 5.92 Å². The van der Waals surface area contributed by atoms with Gasteiger partial charge in [-0.1, -0.05) is 36.4 Å². The fraction of sp³-hybridized carbons (Fsp3) is 0.316. The fourth-order valence-electron chi connectivity index (χ4n) is 3.13. The average molecular weight is 311 g/mol. The van der Waals surface area contributed by atoms with E-state index < -0.39 is 5.97 Å². The molecule has 23 heavy (non-hydrogen) atoms. The summed E-state index contributed by atoms with van der Waals surface area (Å²) in [6, 6.07) is 16.4. The lowest BCUT2D eigenvalue weighted by atomic mass is 10.0. The van der Waals surface area contributed by atoms with Crippen LogP contribution in [0.1, 0.15) is 12.0 Å². The molecule has 4 heteroatoms. The van der Waals surface area contributed by atoms with Crippen LogP contribution in [0.3, 0.4) is 0 Å². The third-order valence-corrected chi connectivity index (χ3v) is 4.40. The highest BCUT2D eigenvalue weighted by molar-refractivity contribution is 5.70. The van der Waals surface area contributed by atoms with E-state index in [1.165, 1.54) is 5.56 Å². The van der Waals surface area contributed by atoms with Crippen LogP contribution in [0.25, 0.3) is 11.1 Å². The summed E-state index contributed by atoms with van der Waals surface area (Å²) in [6.07, 6.45) is 0.718. The third-order valence-electron chi connectivity index (χ3n) is 4.40. The second kappa shape index (κ2) is 6.84. The van der Waals surface area contributed by atoms with Crippen LogP contribution in [-0.4, -0.2) is 36.2 Å². The van der Waals surface area contributed by atoms with Gasteiger partial charge in [-0.15, -0.1) is 0 Å². The minimum Gasteiger partial charge on any atom is -0.496 e. The SMILES string of the molecule is COc1ccc(-c2ccccc2)cc1CN1CCC(C(=O)O)C1. The zero-order valence-electron chi connectivity index (χ0n) is 13.2. The van der Waals surface area contributed by atoms with Crippen molar-refractivity contribution in [1.29, 1.82) is 0 Å². The van der Waals surface area contributed by atoms with Crippen molar-refractivity contribution in [2.24, 2.45) is 5.92 Å². The van der Waals surface area contributed by atoms with Gasteiger partial charge < -0.3 is 9.84 Å². The Hall–Kier alpha value is -2.33. The van der Waals surface area contributed by atoms with Crippen LogP contribution >= 0.6 is 0 Å². The monoisotopic (exact) mass is 311 g/mol. The molecule has 120 valence electrons. The number of methoxy groups -OCH3 is 1. The van der Waals surface area contributed by atoms with Crippen LogP contribution in [0.5, 0.6) is 5.75 Å². The normalized spacial score (nSPS) is 18.0. The van der Waals surface area contributed by atoms with Crippen molar-refractivity contribution in [2.45, 2.75) is 13.0 Å². The molecule has 0 radical (unpaired) electrons. The number of carbonyl (C=O) groups is 1. The van der Waals surface area contributed by atoms with E-state index in [9.17, 15) is 4.79 Å². The predicted octanol–water partition coefficient (Wildman–Crippen LogP) is 3.27. The number of likely N-dealkylation sites (tertiary alicyclic amines) is 1. The van der Waals surface area contributed by atoms with Gasteiger partial charge in [0.05, 0.1) is 13.0 Å². The van der Waals surface area contributed by atoms with Gasteiger partial charge in [-0.25, -0.2) is 0 Å². The van der Waals surface area contributed by atoms with Crippen LogP contribution in [-0.2, 0) is 11.3 Å². The first kappa shape index (κ1) is 15.6. The summed E-state index contributed by atoms with van der Waals surface area (Å²) >= 11 is 0. The number of carboxylic acid groups (broad SMARTS) is 1. The first-order valence-electron chi connectivity index (χ1n) is 7.85. The number of aliphatic carboxylic acids is 1. The predicted molar refractivity (Wildman–Crippen MR) is 89.4 cm³/mol. The Morgan fingerprint density at radius 1 is 1.22 bits per heavy atom. The van der Waals surface area contributed by atoms with Gasteiger partial charge in [-0.05, 0) is 36.2 Å². The molecule has 1 fully saturated rings. The Labute approximate surface area is 136 Å². The highest BCUT2D eigenvalue weighted by atomic mass is 16.5. The van der Waals surface area contributed by atoms with Crippen molar-refractivity contribution in [3.8, 4) is 16.9 Å². The molecule has 1 unspecified atom stereocenters. The lowest BCUT2D eigenvalue weighted by Crippen LogP contribution is -2.23. The van der Waals surface area contributed by atoms with Crippen molar-refractivity contribution in [3.63, 3.8) is 0 Å². The van der Waals surface area contributed by atoms with Crippen molar-refractivity contribution in [2.75, 3.05) is 20.2 Å². The number of ether oxygens (including phenoxy) is 1. The largest absolute Gasteiger partial charge is 0.496 e. The van der Waals surface area contributed by atoms with E-state index >= 15 is 0 Å². The molecule has 0 amide bonds. The molecule has 2 aromatic carbocycles. The molecule has 2 aromatic rings. The number of rotatable bonds is 5. The molecule has 1 aliphatic heterocycles. The van der Waals surface area contributed by atoms with Gasteiger partial charge in [0.15, 0.2) is 0 Å². The quantitative estimate of drug-likeness (QED) is 0.921. The molecular formula is C19H21NO3. The number of carboxylic acids is 1. The first-order chi connectivity index (χ1) is 11.2.